The van der Waals surface area contributed by atoms with E-state index in [1.165, 1.54) is 25.1 Å². The molecule has 2 rings (SSSR count). The third-order valence-electron chi connectivity index (χ3n) is 2.55. The van der Waals surface area contributed by atoms with Gasteiger partial charge in [0.2, 0.25) is 0 Å². The summed E-state index contributed by atoms with van der Waals surface area (Å²) >= 11 is 0. The monoisotopic (exact) mass is 280 g/mol. The molecule has 0 atom stereocenters. The largest absolute Gasteiger partial charge is 0.469 e. The van der Waals surface area contributed by atoms with Crippen LogP contribution in [0.3, 0.4) is 0 Å². The molecule has 0 unspecified atom stereocenters. The van der Waals surface area contributed by atoms with Crippen molar-refractivity contribution in [3.8, 4) is 0 Å². The molecular formula is C11H12N4O5. The van der Waals surface area contributed by atoms with Gasteiger partial charge in [-0.25, -0.2) is 9.48 Å². The van der Waals surface area contributed by atoms with Crippen molar-refractivity contribution in [3.05, 3.63) is 29.4 Å². The van der Waals surface area contributed by atoms with E-state index in [0.717, 1.165) is 0 Å². The number of aromatic nitrogens is 4. The third-order valence-corrected chi connectivity index (χ3v) is 2.55. The van der Waals surface area contributed by atoms with Crippen LogP contribution < -0.4 is 0 Å². The normalized spacial score (nSPS) is 10.3. The van der Waals surface area contributed by atoms with Gasteiger partial charge in [0.1, 0.15) is 6.54 Å². The smallest absolute Gasteiger partial charge is 0.360 e. The highest BCUT2D eigenvalue weighted by atomic mass is 16.5. The van der Waals surface area contributed by atoms with Gasteiger partial charge in [-0.2, -0.15) is 0 Å². The summed E-state index contributed by atoms with van der Waals surface area (Å²) < 4.78 is 15.5. The van der Waals surface area contributed by atoms with Gasteiger partial charge in [-0.1, -0.05) is 10.4 Å². The second-order valence-corrected chi connectivity index (χ2v) is 3.77. The maximum absolute atomic E-state index is 11.6. The van der Waals surface area contributed by atoms with Crippen LogP contribution in [-0.4, -0.2) is 46.3 Å². The van der Waals surface area contributed by atoms with E-state index in [4.69, 9.17) is 4.52 Å². The molecule has 0 aliphatic rings. The van der Waals surface area contributed by atoms with Crippen molar-refractivity contribution in [1.82, 2.24) is 20.2 Å². The standard InChI is InChI=1S/C11H12N4O5/c1-18-9(16)5-8-10(11(17)19-2)13-14-15(8)6-7-3-4-12-20-7/h3-4H,5-6H2,1-2H3. The van der Waals surface area contributed by atoms with Gasteiger partial charge in [0, 0.05) is 6.07 Å². The fraction of sp³-hybridized carbons (Fsp3) is 0.364. The SMILES string of the molecule is COC(=O)Cc1c(C(=O)OC)nnn1Cc1ccno1. The lowest BCUT2D eigenvalue weighted by molar-refractivity contribution is -0.139. The maximum atomic E-state index is 11.6. The Hall–Kier alpha value is -2.71. The first-order valence-corrected chi connectivity index (χ1v) is 5.62. The van der Waals surface area contributed by atoms with Crippen molar-refractivity contribution in [1.29, 1.82) is 0 Å². The Bertz CT molecular complexity index is 604. The molecule has 0 saturated heterocycles. The quantitative estimate of drug-likeness (QED) is 0.693. The second-order valence-electron chi connectivity index (χ2n) is 3.77. The van der Waals surface area contributed by atoms with E-state index < -0.39 is 11.9 Å². The van der Waals surface area contributed by atoms with Crippen molar-refractivity contribution in [3.63, 3.8) is 0 Å². The molecule has 0 aliphatic heterocycles. The van der Waals surface area contributed by atoms with E-state index in [2.05, 4.69) is 24.9 Å². The van der Waals surface area contributed by atoms with Crippen LogP contribution in [0.15, 0.2) is 16.8 Å². The number of ether oxygens (including phenoxy) is 2. The van der Waals surface area contributed by atoms with Crippen LogP contribution >= 0.6 is 0 Å². The number of carbonyl (C=O) groups is 2. The zero-order valence-corrected chi connectivity index (χ0v) is 10.9. The minimum Gasteiger partial charge on any atom is -0.469 e. The van der Waals surface area contributed by atoms with Crippen LogP contribution in [0.2, 0.25) is 0 Å². The van der Waals surface area contributed by atoms with Gasteiger partial charge in [-0.15, -0.1) is 5.10 Å². The Morgan fingerprint density at radius 1 is 1.35 bits per heavy atom. The van der Waals surface area contributed by atoms with Crippen LogP contribution in [-0.2, 0) is 27.2 Å². The van der Waals surface area contributed by atoms with Crippen molar-refractivity contribution < 1.29 is 23.6 Å². The molecule has 106 valence electrons. The Kier molecular flexibility index (Phi) is 4.08. The Balaban J connectivity index is 2.33. The second kappa shape index (κ2) is 5.95. The molecule has 2 heterocycles. The van der Waals surface area contributed by atoms with E-state index in [1.807, 2.05) is 0 Å². The fourth-order valence-corrected chi connectivity index (χ4v) is 1.57. The van der Waals surface area contributed by atoms with Crippen molar-refractivity contribution in [2.45, 2.75) is 13.0 Å². The predicted molar refractivity (Wildman–Crippen MR) is 62.7 cm³/mol. The molecule has 9 nitrogen and oxygen atoms in total. The summed E-state index contributed by atoms with van der Waals surface area (Å²) in [4.78, 5) is 23.0. The maximum Gasteiger partial charge on any atom is 0.360 e. The van der Waals surface area contributed by atoms with Crippen molar-refractivity contribution in [2.75, 3.05) is 14.2 Å². The Labute approximate surface area is 113 Å². The minimum absolute atomic E-state index is 0.0302. The summed E-state index contributed by atoms with van der Waals surface area (Å²) in [5.41, 5.74) is 0.262. The molecule has 0 aromatic carbocycles. The Morgan fingerprint density at radius 2 is 2.15 bits per heavy atom. The third kappa shape index (κ3) is 2.82. The molecule has 20 heavy (non-hydrogen) atoms. The van der Waals surface area contributed by atoms with Gasteiger partial charge in [0.05, 0.1) is 32.5 Å². The molecule has 0 fully saturated rings. The first-order valence-electron chi connectivity index (χ1n) is 5.62. The summed E-state index contributed by atoms with van der Waals surface area (Å²) in [6.45, 7) is 0.191. The number of methoxy groups -OCH3 is 2. The number of carbonyl (C=O) groups excluding carboxylic acids is 2. The average Bonchev–Trinajstić information content (AvgIpc) is 3.09. The molecule has 2 aromatic heterocycles. The highest BCUT2D eigenvalue weighted by Gasteiger charge is 2.23. The lowest BCUT2D eigenvalue weighted by Gasteiger charge is -2.04. The van der Waals surface area contributed by atoms with Crippen molar-refractivity contribution in [2.24, 2.45) is 0 Å². The van der Waals surface area contributed by atoms with Crippen LogP contribution in [0.4, 0.5) is 0 Å². The van der Waals surface area contributed by atoms with Gasteiger partial charge in [-0.05, 0) is 0 Å². The fourth-order valence-electron chi connectivity index (χ4n) is 1.57. The first kappa shape index (κ1) is 13.7. The molecule has 0 bridgehead atoms. The zero-order chi connectivity index (χ0) is 14.5. The first-order chi connectivity index (χ1) is 9.65. The van der Waals surface area contributed by atoms with Crippen LogP contribution in [0.1, 0.15) is 21.9 Å². The molecule has 9 heteroatoms. The number of hydrogen-bond donors (Lipinski definition) is 0. The van der Waals surface area contributed by atoms with Gasteiger partial charge in [0.25, 0.3) is 0 Å². The lowest BCUT2D eigenvalue weighted by Crippen LogP contribution is -2.15. The lowest BCUT2D eigenvalue weighted by atomic mass is 10.2. The van der Waals surface area contributed by atoms with E-state index in [1.54, 1.807) is 6.07 Å². The molecule has 2 aromatic rings. The molecule has 0 aliphatic carbocycles. The number of esters is 2. The summed E-state index contributed by atoms with van der Waals surface area (Å²) in [5, 5.41) is 11.1. The van der Waals surface area contributed by atoms with Gasteiger partial charge < -0.3 is 14.0 Å². The van der Waals surface area contributed by atoms with Crippen molar-refractivity contribution >= 4 is 11.9 Å². The van der Waals surface area contributed by atoms with Crippen LogP contribution in [0.25, 0.3) is 0 Å². The van der Waals surface area contributed by atoms with E-state index in [-0.39, 0.29) is 18.7 Å². The highest BCUT2D eigenvalue weighted by molar-refractivity contribution is 5.89. The van der Waals surface area contributed by atoms with Crippen LogP contribution in [0, 0.1) is 0 Å². The molecule has 0 amide bonds. The highest BCUT2D eigenvalue weighted by Crippen LogP contribution is 2.11. The van der Waals surface area contributed by atoms with Crippen LogP contribution in [0.5, 0.6) is 0 Å². The molecule has 0 spiro atoms. The Morgan fingerprint density at radius 3 is 2.75 bits per heavy atom. The van der Waals surface area contributed by atoms with E-state index in [9.17, 15) is 9.59 Å². The topological polar surface area (TPSA) is 109 Å². The number of rotatable bonds is 5. The average molecular weight is 280 g/mol. The van der Waals surface area contributed by atoms with E-state index in [0.29, 0.717) is 11.5 Å². The van der Waals surface area contributed by atoms with Gasteiger partial charge in [-0.3, -0.25) is 4.79 Å². The number of hydrogen-bond acceptors (Lipinski definition) is 8. The zero-order valence-electron chi connectivity index (χ0n) is 10.9. The summed E-state index contributed by atoms with van der Waals surface area (Å²) in [6, 6.07) is 1.64. The molecule has 0 saturated carbocycles. The van der Waals surface area contributed by atoms with E-state index >= 15 is 0 Å². The summed E-state index contributed by atoms with van der Waals surface area (Å²) in [5.74, 6) is -0.679. The molecular weight excluding hydrogens is 268 g/mol. The predicted octanol–water partition coefficient (Wildman–Crippen LogP) is -0.184. The summed E-state index contributed by atoms with van der Waals surface area (Å²) in [7, 11) is 2.48. The summed E-state index contributed by atoms with van der Waals surface area (Å²) in [6.07, 6.45) is 1.33. The molecule has 0 N–H and O–H groups in total. The molecule has 0 radical (unpaired) electrons. The minimum atomic E-state index is -0.673. The van der Waals surface area contributed by atoms with Gasteiger partial charge >= 0.3 is 11.9 Å². The number of nitrogens with zero attached hydrogens (tertiary/aromatic N) is 4. The van der Waals surface area contributed by atoms with Gasteiger partial charge in [0.15, 0.2) is 11.5 Å².